The van der Waals surface area contributed by atoms with E-state index in [1.165, 1.54) is 65.5 Å². The van der Waals surface area contributed by atoms with Crippen LogP contribution in [-0.4, -0.2) is 29.9 Å². The van der Waals surface area contributed by atoms with Crippen molar-refractivity contribution < 1.29 is 35.2 Å². The van der Waals surface area contributed by atoms with Crippen LogP contribution in [0.3, 0.4) is 0 Å². The van der Waals surface area contributed by atoms with E-state index in [-0.39, 0.29) is 35.3 Å². The second-order valence-electron chi connectivity index (χ2n) is 9.21. The predicted molar refractivity (Wildman–Crippen MR) is 159 cm³/mol. The lowest BCUT2D eigenvalue weighted by molar-refractivity contribution is 0.115. The number of pyridine rings is 2. The molecule has 47 heavy (non-hydrogen) atoms. The van der Waals surface area contributed by atoms with Crippen molar-refractivity contribution in [3.05, 3.63) is 140 Å². The summed E-state index contributed by atoms with van der Waals surface area (Å²) in [6.45, 7) is 0.184. The van der Waals surface area contributed by atoms with Crippen molar-refractivity contribution in [1.29, 1.82) is 0 Å². The zero-order valence-electron chi connectivity index (χ0n) is 23.7. The number of aromatic amines is 1. The summed E-state index contributed by atoms with van der Waals surface area (Å²) in [6.07, 6.45) is -2.86. The maximum Gasteiger partial charge on any atom is 0.314 e. The van der Waals surface area contributed by atoms with Crippen molar-refractivity contribution in [2.45, 2.75) is 24.7 Å². The third kappa shape index (κ3) is 10.1. The van der Waals surface area contributed by atoms with E-state index in [4.69, 9.17) is 4.42 Å². The smallest absolute Gasteiger partial charge is 0.314 e. The Morgan fingerprint density at radius 3 is 1.74 bits per heavy atom. The van der Waals surface area contributed by atoms with E-state index in [1.54, 1.807) is 18.2 Å². The number of rotatable bonds is 7. The Morgan fingerprint density at radius 1 is 0.723 bits per heavy atom. The minimum absolute atomic E-state index is 0.101. The summed E-state index contributed by atoms with van der Waals surface area (Å²) in [5.41, 5.74) is 1.36. The Hall–Kier alpha value is -5.32. The van der Waals surface area contributed by atoms with Gasteiger partial charge in [0.25, 0.3) is 17.3 Å². The van der Waals surface area contributed by atoms with Crippen LogP contribution in [0.15, 0.2) is 104 Å². The summed E-state index contributed by atoms with van der Waals surface area (Å²) in [6, 6.07) is 17.7. The van der Waals surface area contributed by atoms with Gasteiger partial charge in [-0.3, -0.25) is 9.59 Å². The summed E-state index contributed by atoms with van der Waals surface area (Å²) in [7, 11) is 0. The van der Waals surface area contributed by atoms with Gasteiger partial charge in [0.05, 0.1) is 6.54 Å². The van der Waals surface area contributed by atoms with Gasteiger partial charge in [0.15, 0.2) is 0 Å². The van der Waals surface area contributed by atoms with Gasteiger partial charge in [-0.05, 0) is 47.5 Å². The zero-order valence-corrected chi connectivity index (χ0v) is 25.3. The molecule has 0 aliphatic rings. The number of aromatic nitrogens is 6. The first kappa shape index (κ1) is 34.6. The molecule has 0 amide bonds. The van der Waals surface area contributed by atoms with E-state index in [0.717, 1.165) is 5.56 Å². The molecule has 4 heterocycles. The van der Waals surface area contributed by atoms with Crippen molar-refractivity contribution in [2.24, 2.45) is 0 Å². The molecule has 0 saturated heterocycles. The van der Waals surface area contributed by atoms with E-state index in [0.29, 0.717) is 16.5 Å². The molecule has 6 aromatic rings. The number of hydrogen-bond donors (Lipinski definition) is 1. The first-order valence-corrected chi connectivity index (χ1v) is 14.3. The van der Waals surface area contributed by atoms with Gasteiger partial charge in [0, 0.05) is 41.0 Å². The molecule has 17 heteroatoms. The molecule has 0 spiro atoms. The summed E-state index contributed by atoms with van der Waals surface area (Å²) in [5.74, 6) is -2.38. The second kappa shape index (κ2) is 16.3. The van der Waals surface area contributed by atoms with Crippen LogP contribution in [-0.2, 0) is 11.9 Å². The molecule has 1 N–H and O–H groups in total. The van der Waals surface area contributed by atoms with Crippen LogP contribution < -0.4 is 11.1 Å². The third-order valence-corrected chi connectivity index (χ3v) is 6.45. The monoisotopic (exact) mass is 722 g/mol. The van der Waals surface area contributed by atoms with E-state index >= 15 is 0 Å². The number of halogens is 7. The molecule has 0 aliphatic carbocycles. The Labute approximate surface area is 268 Å². The van der Waals surface area contributed by atoms with Crippen LogP contribution in [0.1, 0.15) is 35.8 Å². The molecule has 4 aromatic heterocycles. The number of hydrogen-bond acceptors (Lipinski definition) is 8. The summed E-state index contributed by atoms with van der Waals surface area (Å²) in [5, 5.41) is 13.9. The molecule has 244 valence electrons. The van der Waals surface area contributed by atoms with Gasteiger partial charge in [-0.15, -0.1) is 20.4 Å². The number of nitrogens with zero attached hydrogens (tertiary/aromatic N) is 5. The lowest BCUT2D eigenvalue weighted by atomic mass is 10.2. The predicted octanol–water partition coefficient (Wildman–Crippen LogP) is 7.11. The van der Waals surface area contributed by atoms with Gasteiger partial charge in [0.1, 0.15) is 11.6 Å². The molecule has 0 bridgehead atoms. The van der Waals surface area contributed by atoms with Crippen LogP contribution in [0.2, 0.25) is 0 Å². The second-order valence-corrected chi connectivity index (χ2v) is 9.77. The van der Waals surface area contributed by atoms with Gasteiger partial charge in [-0.2, -0.15) is 17.6 Å². The molecular weight excluding hydrogens is 702 g/mol. The molecule has 0 atom stereocenters. The van der Waals surface area contributed by atoms with E-state index < -0.39 is 36.0 Å². The molecule has 0 radical (unpaired) electrons. The first-order valence-electron chi connectivity index (χ1n) is 13.2. The normalized spacial score (nSPS) is 10.7. The third-order valence-electron chi connectivity index (χ3n) is 5.80. The summed E-state index contributed by atoms with van der Waals surface area (Å²) >= 11 is 3.22. The first-order chi connectivity index (χ1) is 22.5. The average molecular weight is 723 g/mol. The Morgan fingerprint density at radius 2 is 1.28 bits per heavy atom. The molecular formula is C30H21BrF6N6O4. The fourth-order valence-corrected chi connectivity index (χ4v) is 4.03. The van der Waals surface area contributed by atoms with E-state index in [9.17, 15) is 35.9 Å². The number of alkyl halides is 5. The standard InChI is InChI=1S/C15H10F3N3O2.C8H5F2N3O2.C7H6BrF/c16-11-3-1-2-9(6-11)8-21-5-4-10(7-12(21)22)14-19-20-15(23-14)13(17)18;9-6(10)8-13-12-7(15-8)4-1-2-11-5(14)3-4;8-5-6-2-1-3-7(9)4-6/h1-7,13H,8H2;1-3,6H,(H,11,14);1-4H,5H2. The molecule has 6 rings (SSSR count). The Balaban J connectivity index is 0.000000178. The maximum atomic E-state index is 13.1. The molecule has 0 saturated carbocycles. The van der Waals surface area contributed by atoms with E-state index in [1.807, 2.05) is 6.07 Å². The fourth-order valence-electron chi connectivity index (χ4n) is 3.68. The van der Waals surface area contributed by atoms with Crippen LogP contribution in [0.4, 0.5) is 26.3 Å². The average Bonchev–Trinajstić information content (AvgIpc) is 3.74. The molecule has 0 aliphatic heterocycles. The van der Waals surface area contributed by atoms with Gasteiger partial charge < -0.3 is 18.4 Å². The van der Waals surface area contributed by atoms with E-state index in [2.05, 4.69) is 45.7 Å². The molecule has 2 aromatic carbocycles. The van der Waals surface area contributed by atoms with Crippen molar-refractivity contribution in [1.82, 2.24) is 29.9 Å². The van der Waals surface area contributed by atoms with Crippen molar-refractivity contribution in [3.8, 4) is 22.9 Å². The summed E-state index contributed by atoms with van der Waals surface area (Å²) in [4.78, 5) is 25.4. The minimum Gasteiger partial charge on any atom is -0.415 e. The van der Waals surface area contributed by atoms with Crippen molar-refractivity contribution >= 4 is 15.9 Å². The molecule has 0 fully saturated rings. The van der Waals surface area contributed by atoms with Gasteiger partial charge in [-0.25, -0.2) is 8.78 Å². The van der Waals surface area contributed by atoms with Crippen molar-refractivity contribution in [3.63, 3.8) is 0 Å². The van der Waals surface area contributed by atoms with Gasteiger partial charge >= 0.3 is 12.9 Å². The number of H-pyrrole nitrogens is 1. The van der Waals surface area contributed by atoms with Crippen LogP contribution in [0, 0.1) is 11.6 Å². The topological polar surface area (TPSA) is 133 Å². The zero-order chi connectivity index (χ0) is 33.9. The van der Waals surface area contributed by atoms with Crippen molar-refractivity contribution in [2.75, 3.05) is 0 Å². The Bertz CT molecular complexity index is 2030. The van der Waals surface area contributed by atoms with Gasteiger partial charge in [0.2, 0.25) is 17.3 Å². The Kier molecular flexibility index (Phi) is 12.0. The fraction of sp³-hybridized carbons (Fsp3) is 0.133. The highest BCUT2D eigenvalue weighted by Crippen LogP contribution is 2.23. The number of benzene rings is 2. The highest BCUT2D eigenvalue weighted by molar-refractivity contribution is 9.08. The molecule has 0 unspecified atom stereocenters. The SMILES string of the molecule is Fc1cccc(CBr)c1.O=c1cc(-c2nnc(C(F)F)o2)cc[nH]1.O=c1cc(-c2nnc(C(F)F)o2)ccn1Cc1cccc(F)c1. The largest absolute Gasteiger partial charge is 0.415 e. The summed E-state index contributed by atoms with van der Waals surface area (Å²) < 4.78 is 85.3. The van der Waals surface area contributed by atoms with Crippen LogP contribution in [0.5, 0.6) is 0 Å². The van der Waals surface area contributed by atoms with Gasteiger partial charge in [-0.1, -0.05) is 40.2 Å². The molecule has 10 nitrogen and oxygen atoms in total. The van der Waals surface area contributed by atoms with Crippen LogP contribution in [0.25, 0.3) is 22.9 Å². The minimum atomic E-state index is -2.87. The number of nitrogens with one attached hydrogen (secondary N) is 1. The quantitative estimate of drug-likeness (QED) is 0.136. The highest BCUT2D eigenvalue weighted by Gasteiger charge is 2.18. The highest BCUT2D eigenvalue weighted by atomic mass is 79.9. The lowest BCUT2D eigenvalue weighted by Gasteiger charge is -2.06. The maximum absolute atomic E-state index is 13.1. The lowest BCUT2D eigenvalue weighted by Crippen LogP contribution is -2.19. The van der Waals surface area contributed by atoms with Crippen LogP contribution >= 0.6 is 15.9 Å².